The van der Waals surface area contributed by atoms with Gasteiger partial charge in [0.05, 0.1) is 14.2 Å². The molecule has 1 aliphatic rings. The second-order valence-corrected chi connectivity index (χ2v) is 6.81. The zero-order chi connectivity index (χ0) is 19.2. The molecule has 144 valence electrons. The van der Waals surface area contributed by atoms with Gasteiger partial charge in [-0.3, -0.25) is 4.79 Å². The first kappa shape index (κ1) is 19.2. The van der Waals surface area contributed by atoms with Crippen molar-refractivity contribution in [2.24, 2.45) is 0 Å². The van der Waals surface area contributed by atoms with Crippen LogP contribution in [0.3, 0.4) is 0 Å². The van der Waals surface area contributed by atoms with Crippen LogP contribution in [0, 0.1) is 0 Å². The lowest BCUT2D eigenvalue weighted by Crippen LogP contribution is -2.40. The minimum absolute atomic E-state index is 0.0524. The van der Waals surface area contributed by atoms with Crippen LogP contribution >= 0.6 is 0 Å². The molecule has 0 saturated carbocycles. The Morgan fingerprint density at radius 3 is 2.63 bits per heavy atom. The lowest BCUT2D eigenvalue weighted by atomic mass is 9.94. The number of ether oxygens (including phenoxy) is 2. The van der Waals surface area contributed by atoms with E-state index < -0.39 is 0 Å². The van der Waals surface area contributed by atoms with Gasteiger partial charge in [0.15, 0.2) is 0 Å². The molecule has 2 aromatic rings. The SMILES string of the molecule is CCCN1C[C@H](NC(=O)c2ccnc(OC)c2)[C@@H](c2ccc(OC)cc2)C1. The smallest absolute Gasteiger partial charge is 0.251 e. The zero-order valence-corrected chi connectivity index (χ0v) is 16.1. The first-order valence-electron chi connectivity index (χ1n) is 9.31. The molecular weight excluding hydrogens is 342 g/mol. The summed E-state index contributed by atoms with van der Waals surface area (Å²) in [6.45, 7) is 4.99. The molecule has 1 saturated heterocycles. The monoisotopic (exact) mass is 369 g/mol. The van der Waals surface area contributed by atoms with Crippen molar-refractivity contribution in [1.29, 1.82) is 0 Å². The van der Waals surface area contributed by atoms with Crippen LogP contribution in [0.5, 0.6) is 11.6 Å². The molecule has 1 aromatic heterocycles. The molecule has 0 spiro atoms. The number of hydrogen-bond donors (Lipinski definition) is 1. The number of rotatable bonds is 7. The van der Waals surface area contributed by atoms with E-state index in [1.54, 1.807) is 32.5 Å². The number of methoxy groups -OCH3 is 2. The third kappa shape index (κ3) is 4.57. The maximum atomic E-state index is 12.8. The van der Waals surface area contributed by atoms with Crippen molar-refractivity contribution in [1.82, 2.24) is 15.2 Å². The number of likely N-dealkylation sites (tertiary alicyclic amines) is 1. The van der Waals surface area contributed by atoms with Crippen LogP contribution in [0.2, 0.25) is 0 Å². The summed E-state index contributed by atoms with van der Waals surface area (Å²) in [5, 5.41) is 3.22. The van der Waals surface area contributed by atoms with Gasteiger partial charge in [-0.25, -0.2) is 4.98 Å². The first-order valence-corrected chi connectivity index (χ1v) is 9.31. The zero-order valence-electron chi connectivity index (χ0n) is 16.1. The Balaban J connectivity index is 1.77. The van der Waals surface area contributed by atoms with Gasteiger partial charge in [-0.15, -0.1) is 0 Å². The van der Waals surface area contributed by atoms with Gasteiger partial charge in [-0.2, -0.15) is 0 Å². The standard InChI is InChI=1S/C21H27N3O3/c1-4-11-24-13-18(15-5-7-17(26-2)8-6-15)19(14-24)23-21(25)16-9-10-22-20(12-16)27-3/h5-10,12,18-19H,4,11,13-14H2,1-3H3,(H,23,25)/t18-,19+/m1/s1. The van der Waals surface area contributed by atoms with Gasteiger partial charge in [0, 0.05) is 42.9 Å². The van der Waals surface area contributed by atoms with E-state index in [0.717, 1.165) is 31.8 Å². The molecule has 0 radical (unpaired) electrons. The number of pyridine rings is 1. The normalized spacial score (nSPS) is 19.7. The van der Waals surface area contributed by atoms with E-state index in [9.17, 15) is 4.79 Å². The van der Waals surface area contributed by atoms with Gasteiger partial charge in [-0.05, 0) is 36.7 Å². The van der Waals surface area contributed by atoms with Crippen molar-refractivity contribution in [3.63, 3.8) is 0 Å². The van der Waals surface area contributed by atoms with Crippen LogP contribution < -0.4 is 14.8 Å². The number of benzene rings is 1. The lowest BCUT2D eigenvalue weighted by Gasteiger charge is -2.20. The van der Waals surface area contributed by atoms with E-state index in [4.69, 9.17) is 9.47 Å². The summed E-state index contributed by atoms with van der Waals surface area (Å²) in [6, 6.07) is 11.6. The fraction of sp³-hybridized carbons (Fsp3) is 0.429. The predicted octanol–water partition coefficient (Wildman–Crippen LogP) is 2.71. The molecule has 1 amide bonds. The van der Waals surface area contributed by atoms with Gasteiger partial charge in [0.25, 0.3) is 5.91 Å². The number of carbonyl (C=O) groups excluding carboxylic acids is 1. The van der Waals surface area contributed by atoms with Crippen molar-refractivity contribution in [2.45, 2.75) is 25.3 Å². The summed E-state index contributed by atoms with van der Waals surface area (Å²) in [4.78, 5) is 19.3. The molecule has 2 heterocycles. The van der Waals surface area contributed by atoms with Crippen molar-refractivity contribution in [3.05, 3.63) is 53.7 Å². The van der Waals surface area contributed by atoms with Gasteiger partial charge in [0.1, 0.15) is 5.75 Å². The minimum atomic E-state index is -0.0995. The highest BCUT2D eigenvalue weighted by molar-refractivity contribution is 5.94. The quantitative estimate of drug-likeness (QED) is 0.813. The van der Waals surface area contributed by atoms with Gasteiger partial charge in [0.2, 0.25) is 5.88 Å². The minimum Gasteiger partial charge on any atom is -0.497 e. The predicted molar refractivity (Wildman–Crippen MR) is 105 cm³/mol. The van der Waals surface area contributed by atoms with Crippen LogP contribution in [0.15, 0.2) is 42.6 Å². The summed E-state index contributed by atoms with van der Waals surface area (Å²) < 4.78 is 10.4. The Labute approximate surface area is 160 Å². The van der Waals surface area contributed by atoms with Crippen molar-refractivity contribution in [2.75, 3.05) is 33.9 Å². The van der Waals surface area contributed by atoms with Crippen LogP contribution in [0.1, 0.15) is 35.2 Å². The summed E-state index contributed by atoms with van der Waals surface area (Å²) in [7, 11) is 3.21. The molecule has 1 fully saturated rings. The second kappa shape index (κ2) is 8.86. The number of nitrogens with zero attached hydrogens (tertiary/aromatic N) is 2. The largest absolute Gasteiger partial charge is 0.497 e. The average Bonchev–Trinajstić information content (AvgIpc) is 3.10. The van der Waals surface area contributed by atoms with Crippen molar-refractivity contribution < 1.29 is 14.3 Å². The maximum absolute atomic E-state index is 12.8. The summed E-state index contributed by atoms with van der Waals surface area (Å²) >= 11 is 0. The van der Waals surface area contributed by atoms with Crippen LogP contribution in [-0.2, 0) is 0 Å². The van der Waals surface area contributed by atoms with Crippen LogP contribution in [-0.4, -0.2) is 55.7 Å². The Morgan fingerprint density at radius 1 is 1.19 bits per heavy atom. The van der Waals surface area contributed by atoms with E-state index in [1.165, 1.54) is 5.56 Å². The number of nitrogens with one attached hydrogen (secondary N) is 1. The average molecular weight is 369 g/mol. The van der Waals surface area contributed by atoms with Gasteiger partial charge in [-0.1, -0.05) is 19.1 Å². The Morgan fingerprint density at radius 2 is 1.96 bits per heavy atom. The van der Waals surface area contributed by atoms with Crippen molar-refractivity contribution in [3.8, 4) is 11.6 Å². The number of hydrogen-bond acceptors (Lipinski definition) is 5. The molecule has 0 unspecified atom stereocenters. The summed E-state index contributed by atoms with van der Waals surface area (Å²) in [5.41, 5.74) is 1.77. The molecule has 1 aromatic carbocycles. The molecule has 6 nitrogen and oxygen atoms in total. The third-order valence-electron chi connectivity index (χ3n) is 5.00. The summed E-state index contributed by atoms with van der Waals surface area (Å²) in [6.07, 6.45) is 2.68. The van der Waals surface area contributed by atoms with Crippen LogP contribution in [0.4, 0.5) is 0 Å². The molecule has 27 heavy (non-hydrogen) atoms. The van der Waals surface area contributed by atoms with Gasteiger partial charge < -0.3 is 19.7 Å². The molecule has 6 heteroatoms. The fourth-order valence-electron chi connectivity index (χ4n) is 3.63. The van der Waals surface area contributed by atoms with E-state index in [0.29, 0.717) is 11.4 Å². The molecule has 0 bridgehead atoms. The third-order valence-corrected chi connectivity index (χ3v) is 5.00. The van der Waals surface area contributed by atoms with E-state index in [1.807, 2.05) is 12.1 Å². The lowest BCUT2D eigenvalue weighted by molar-refractivity contribution is 0.0934. The first-order chi connectivity index (χ1) is 13.1. The Bertz CT molecular complexity index is 764. The van der Waals surface area contributed by atoms with E-state index in [2.05, 4.69) is 34.3 Å². The topological polar surface area (TPSA) is 63.7 Å². The molecule has 1 N–H and O–H groups in total. The fourth-order valence-corrected chi connectivity index (χ4v) is 3.63. The summed E-state index contributed by atoms with van der Waals surface area (Å²) in [5.74, 6) is 1.42. The van der Waals surface area contributed by atoms with Crippen LogP contribution in [0.25, 0.3) is 0 Å². The second-order valence-electron chi connectivity index (χ2n) is 6.81. The highest BCUT2D eigenvalue weighted by atomic mass is 16.5. The molecular formula is C21H27N3O3. The number of aromatic nitrogens is 1. The highest BCUT2D eigenvalue weighted by Gasteiger charge is 2.34. The van der Waals surface area contributed by atoms with Gasteiger partial charge >= 0.3 is 0 Å². The highest BCUT2D eigenvalue weighted by Crippen LogP contribution is 2.29. The van der Waals surface area contributed by atoms with E-state index >= 15 is 0 Å². The maximum Gasteiger partial charge on any atom is 0.251 e. The number of amides is 1. The molecule has 0 aliphatic carbocycles. The Kier molecular flexibility index (Phi) is 6.29. The molecule has 2 atom stereocenters. The van der Waals surface area contributed by atoms with Crippen molar-refractivity contribution >= 4 is 5.91 Å². The Hall–Kier alpha value is -2.60. The van der Waals surface area contributed by atoms with E-state index in [-0.39, 0.29) is 17.9 Å². The molecule has 1 aliphatic heterocycles. The number of carbonyl (C=O) groups is 1. The molecule has 3 rings (SSSR count).